The molecule has 3 N–H and O–H groups in total. The Morgan fingerprint density at radius 1 is 0.707 bits per heavy atom. The van der Waals surface area contributed by atoms with E-state index < -0.39 is 69.5 Å². The van der Waals surface area contributed by atoms with Gasteiger partial charge in [-0.3, -0.25) is 18.5 Å². The number of phenols is 1. The maximum absolute atomic E-state index is 12.2. The van der Waals surface area contributed by atoms with Gasteiger partial charge in [-0.05, 0) is 76.4 Å². The number of nitro benzene ring substituents is 1. The van der Waals surface area contributed by atoms with Gasteiger partial charge in [0.1, 0.15) is 11.4 Å². The predicted molar refractivity (Wildman–Crippen MR) is 185 cm³/mol. The van der Waals surface area contributed by atoms with Crippen LogP contribution in [0, 0.1) is 29.2 Å². The van der Waals surface area contributed by atoms with E-state index >= 15 is 0 Å². The first-order chi connectivity index (χ1) is 25.5. The smallest absolute Gasteiger partial charge is 0.768 e. The fourth-order valence-electron chi connectivity index (χ4n) is 4.12. The van der Waals surface area contributed by atoms with Crippen molar-refractivity contribution in [1.82, 2.24) is 0 Å². The number of aryl methyl sites for hydroxylation is 1. The standard InChI is InChI=1S/C29H20N8O7S2.4Na.2O3S/c1-16-13-19(9-12-22(16)34-31-17-5-3-2-4-6-17)33-35-23-15-24(45(41)42)21-14-25(46(43)44)28(29(38)26(21)27(23)30)36-32-18-7-10-20(11-8-18)37(39)40;;;;;2*1-4(2)3/h2-3,5-7,9-15,38H,30H2,1H3,(H,41,42)(H,43,44);;;;;;/q-2;4*+1;;/p-2. The number of non-ortho nitro benzene ring substituents is 1. The average molecular weight is 907 g/mol. The molecule has 5 aromatic carbocycles. The van der Waals surface area contributed by atoms with E-state index in [1.165, 1.54) is 6.07 Å². The molecular formula is C29H18N8Na4O13S4. The number of hydrogen-bond acceptors (Lipinski definition) is 20. The second kappa shape index (κ2) is 28.2. The molecule has 58 heavy (non-hydrogen) atoms. The Bertz CT molecular complexity index is 2570. The van der Waals surface area contributed by atoms with E-state index in [1.54, 1.807) is 49.4 Å². The summed E-state index contributed by atoms with van der Waals surface area (Å²) in [5.74, 6) is -0.801. The SMILES string of the molecule is Cc1cc(N=Nc2cc(S(=O)[O-])c3cc(S(=O)[O-])c(N=Nc4[c-]cc([N+](=O)[O-])cc4)c(O)c3c2N)ccc1N=Nc1c[c-]ccc1.O=S(=O)=O.O=S(=O)=O.[Na+].[Na+].[Na+].[Na+]. The monoisotopic (exact) mass is 906 g/mol. The van der Waals surface area contributed by atoms with E-state index in [0.717, 1.165) is 24.3 Å². The van der Waals surface area contributed by atoms with E-state index in [-0.39, 0.29) is 152 Å². The van der Waals surface area contributed by atoms with Crippen molar-refractivity contribution in [3.05, 3.63) is 101 Å². The number of nitrogen functional groups attached to an aromatic ring is 1. The zero-order valence-corrected chi connectivity index (χ0v) is 41.9. The first-order valence-corrected chi connectivity index (χ1v) is 18.0. The third kappa shape index (κ3) is 17.7. The van der Waals surface area contributed by atoms with Gasteiger partial charge in [0.15, 0.2) is 11.4 Å². The molecule has 0 spiro atoms. The van der Waals surface area contributed by atoms with Crippen molar-refractivity contribution in [2.24, 2.45) is 30.7 Å². The van der Waals surface area contributed by atoms with Crippen molar-refractivity contribution in [1.29, 1.82) is 0 Å². The summed E-state index contributed by atoms with van der Waals surface area (Å²) in [7, 11) is -6.22. The minimum Gasteiger partial charge on any atom is -0.768 e. The molecule has 0 heterocycles. The van der Waals surface area contributed by atoms with Gasteiger partial charge in [0.05, 0.1) is 27.3 Å². The van der Waals surface area contributed by atoms with Crippen LogP contribution in [-0.4, -0.2) is 52.8 Å². The van der Waals surface area contributed by atoms with Crippen LogP contribution in [-0.2, 0) is 43.4 Å². The van der Waals surface area contributed by atoms with Crippen LogP contribution in [0.5, 0.6) is 5.75 Å². The van der Waals surface area contributed by atoms with E-state index in [0.29, 0.717) is 22.6 Å². The van der Waals surface area contributed by atoms with Gasteiger partial charge in [0, 0.05) is 15.2 Å². The maximum atomic E-state index is 12.2. The number of hydrogen-bond donors (Lipinski definition) is 2. The number of fused-ring (bicyclic) bond motifs is 1. The number of benzene rings is 5. The molecule has 0 aliphatic carbocycles. The molecule has 0 radical (unpaired) electrons. The molecule has 21 nitrogen and oxygen atoms in total. The molecule has 0 fully saturated rings. The molecule has 29 heteroatoms. The molecule has 2 atom stereocenters. The Hall–Kier alpha value is -2.38. The summed E-state index contributed by atoms with van der Waals surface area (Å²) in [6, 6.07) is 22.8. The van der Waals surface area contributed by atoms with Gasteiger partial charge >= 0.3 is 139 Å². The summed E-state index contributed by atoms with van der Waals surface area (Å²) in [5, 5.41) is 45.8. The summed E-state index contributed by atoms with van der Waals surface area (Å²) in [6.07, 6.45) is 0. The minimum absolute atomic E-state index is 0. The number of rotatable bonds is 9. The number of nitro groups is 1. The topological polar surface area (TPSA) is 346 Å². The first kappa shape index (κ1) is 57.7. The van der Waals surface area contributed by atoms with Crippen molar-refractivity contribution >= 4 is 99.6 Å². The molecule has 5 aromatic rings. The molecule has 0 bridgehead atoms. The van der Waals surface area contributed by atoms with Gasteiger partial charge < -0.3 is 19.9 Å². The summed E-state index contributed by atoms with van der Waals surface area (Å²) in [5.41, 5.74) is 7.35. The van der Waals surface area contributed by atoms with E-state index in [2.05, 4.69) is 42.8 Å². The first-order valence-electron chi connectivity index (χ1n) is 13.8. The Kier molecular flexibility index (Phi) is 28.1. The Labute approximate surface area is 424 Å². The average Bonchev–Trinajstić information content (AvgIpc) is 3.10. The van der Waals surface area contributed by atoms with Gasteiger partial charge in [-0.2, -0.15) is 39.6 Å². The van der Waals surface area contributed by atoms with Crippen LogP contribution in [0.15, 0.2) is 113 Å². The van der Waals surface area contributed by atoms with E-state index in [4.69, 9.17) is 31.0 Å². The van der Waals surface area contributed by atoms with Crippen LogP contribution in [0.2, 0.25) is 0 Å². The van der Waals surface area contributed by atoms with Crippen LogP contribution < -0.4 is 124 Å². The molecular weight excluding hydrogens is 889 g/mol. The van der Waals surface area contributed by atoms with Crippen molar-refractivity contribution in [2.45, 2.75) is 16.7 Å². The second-order valence-corrected chi connectivity index (χ2v) is 12.3. The summed E-state index contributed by atoms with van der Waals surface area (Å²) < 4.78 is 99.2. The van der Waals surface area contributed by atoms with Crippen LogP contribution in [0.25, 0.3) is 10.8 Å². The second-order valence-electron chi connectivity index (χ2n) is 9.70. The summed E-state index contributed by atoms with van der Waals surface area (Å²) in [6.45, 7) is 1.79. The molecule has 0 amide bonds. The fraction of sp³-hybridized carbons (Fsp3) is 0.0345. The van der Waals surface area contributed by atoms with E-state index in [9.17, 15) is 32.7 Å². The van der Waals surface area contributed by atoms with Crippen molar-refractivity contribution in [3.63, 3.8) is 0 Å². The van der Waals surface area contributed by atoms with Crippen molar-refractivity contribution in [3.8, 4) is 5.75 Å². The normalized spacial score (nSPS) is 11.3. The van der Waals surface area contributed by atoms with Gasteiger partial charge in [-0.15, -0.1) is 53.7 Å². The quantitative estimate of drug-likeness (QED) is 0.0264. The van der Waals surface area contributed by atoms with Crippen LogP contribution in [0.3, 0.4) is 0 Å². The molecule has 0 saturated carbocycles. The number of azo groups is 3. The maximum Gasteiger partial charge on any atom is 1.00 e. The number of aromatic hydroxyl groups is 1. The predicted octanol–water partition coefficient (Wildman–Crippen LogP) is -6.33. The van der Waals surface area contributed by atoms with Crippen molar-refractivity contribution < 1.29 is 171 Å². The van der Waals surface area contributed by atoms with Crippen molar-refractivity contribution in [2.75, 3.05) is 5.73 Å². The summed E-state index contributed by atoms with van der Waals surface area (Å²) >= 11 is -5.95. The number of phenolic OH excluding ortho intramolecular Hbond substituents is 1. The van der Waals surface area contributed by atoms with Gasteiger partial charge in [0.25, 0.3) is 0 Å². The zero-order chi connectivity index (χ0) is 40.1. The molecule has 280 valence electrons. The van der Waals surface area contributed by atoms with Gasteiger partial charge in [-0.25, -0.2) is 5.11 Å². The number of nitrogens with two attached hydrogens (primary N) is 1. The van der Waals surface area contributed by atoms with Gasteiger partial charge in [0.2, 0.25) is 0 Å². The molecule has 0 aromatic heterocycles. The zero-order valence-electron chi connectivity index (χ0n) is 30.6. The molecule has 5 rings (SSSR count). The van der Waals surface area contributed by atoms with Crippen LogP contribution in [0.4, 0.5) is 45.5 Å². The Balaban J connectivity index is 0. The Morgan fingerprint density at radius 2 is 1.29 bits per heavy atom. The molecule has 2 unspecified atom stereocenters. The number of nitrogens with zero attached hydrogens (tertiary/aromatic N) is 7. The molecule has 0 saturated heterocycles. The Morgan fingerprint density at radius 3 is 1.79 bits per heavy atom. The third-order valence-corrected chi connectivity index (χ3v) is 7.71. The molecule has 0 aliphatic rings. The summed E-state index contributed by atoms with van der Waals surface area (Å²) in [4.78, 5) is 9.24. The van der Waals surface area contributed by atoms with E-state index in [1.807, 2.05) is 0 Å². The number of anilines is 1. The minimum atomic E-state index is -3.11. The fourth-order valence-corrected chi connectivity index (χ4v) is 5.18. The van der Waals surface area contributed by atoms with Crippen LogP contribution in [0.1, 0.15) is 5.56 Å². The van der Waals surface area contributed by atoms with Gasteiger partial charge in [-0.1, -0.05) is 12.1 Å². The third-order valence-electron chi connectivity index (χ3n) is 6.34. The molecule has 0 aliphatic heterocycles. The largest absolute Gasteiger partial charge is 1.00 e. The van der Waals surface area contributed by atoms with Crippen LogP contribution >= 0.6 is 0 Å².